The van der Waals surface area contributed by atoms with E-state index >= 15 is 0 Å². The van der Waals surface area contributed by atoms with Gasteiger partial charge in [0.05, 0.1) is 5.69 Å². The molecule has 0 atom stereocenters. The van der Waals surface area contributed by atoms with Crippen LogP contribution < -0.4 is 5.06 Å². The van der Waals surface area contributed by atoms with Crippen LogP contribution in [0.3, 0.4) is 0 Å². The maximum absolute atomic E-state index is 12.3. The largest absolute Gasteiger partial charge is 0.282 e. The van der Waals surface area contributed by atoms with E-state index < -0.39 is 5.91 Å². The lowest BCUT2D eigenvalue weighted by molar-refractivity contribution is 0.0855. The first-order chi connectivity index (χ1) is 10.2. The Bertz CT molecular complexity index is 794. The van der Waals surface area contributed by atoms with Crippen molar-refractivity contribution in [3.8, 4) is 0 Å². The monoisotopic (exact) mass is 297 g/mol. The Kier molecular flexibility index (Phi) is 3.60. The van der Waals surface area contributed by atoms with Crippen molar-refractivity contribution in [3.63, 3.8) is 0 Å². The molecular weight excluding hydrogens is 286 g/mol. The molecule has 3 rings (SSSR count). The van der Waals surface area contributed by atoms with E-state index in [4.69, 9.17) is 11.6 Å². The number of carbonyl (C=O) groups excluding carboxylic acids is 1. The van der Waals surface area contributed by atoms with E-state index in [0.717, 1.165) is 10.8 Å². The van der Waals surface area contributed by atoms with Crippen LogP contribution in [0.15, 0.2) is 66.7 Å². The van der Waals surface area contributed by atoms with E-state index in [2.05, 4.69) is 0 Å². The van der Waals surface area contributed by atoms with E-state index in [9.17, 15) is 10.0 Å². The topological polar surface area (TPSA) is 40.5 Å². The van der Waals surface area contributed by atoms with Gasteiger partial charge < -0.3 is 0 Å². The Hall–Kier alpha value is -2.36. The number of carbonyl (C=O) groups is 1. The van der Waals surface area contributed by atoms with Gasteiger partial charge in [-0.15, -0.1) is 0 Å². The molecule has 104 valence electrons. The molecule has 0 aromatic heterocycles. The Morgan fingerprint density at radius 1 is 0.905 bits per heavy atom. The highest BCUT2D eigenvalue weighted by atomic mass is 35.5. The van der Waals surface area contributed by atoms with Crippen LogP contribution in [0.1, 0.15) is 10.4 Å². The summed E-state index contributed by atoms with van der Waals surface area (Å²) < 4.78 is 0. The first-order valence-electron chi connectivity index (χ1n) is 6.43. The Morgan fingerprint density at radius 3 is 2.33 bits per heavy atom. The quantitative estimate of drug-likeness (QED) is 0.557. The summed E-state index contributed by atoms with van der Waals surface area (Å²) in [5, 5.41) is 13.2. The second kappa shape index (κ2) is 5.56. The third kappa shape index (κ3) is 2.61. The van der Waals surface area contributed by atoms with Gasteiger partial charge in [0.1, 0.15) is 0 Å². The summed E-state index contributed by atoms with van der Waals surface area (Å²) in [6.07, 6.45) is 0. The maximum Gasteiger partial charge on any atom is 0.282 e. The molecule has 0 fully saturated rings. The summed E-state index contributed by atoms with van der Waals surface area (Å²) >= 11 is 5.80. The molecule has 1 amide bonds. The lowest BCUT2D eigenvalue weighted by Gasteiger charge is -2.17. The number of hydroxylamine groups is 1. The van der Waals surface area contributed by atoms with Crippen molar-refractivity contribution in [2.24, 2.45) is 0 Å². The van der Waals surface area contributed by atoms with Crippen molar-refractivity contribution in [3.05, 3.63) is 77.3 Å². The normalized spacial score (nSPS) is 10.6. The van der Waals surface area contributed by atoms with Gasteiger partial charge in [0.2, 0.25) is 0 Å². The van der Waals surface area contributed by atoms with Gasteiger partial charge in [-0.1, -0.05) is 48.0 Å². The van der Waals surface area contributed by atoms with Gasteiger partial charge in [0.25, 0.3) is 5.91 Å². The zero-order chi connectivity index (χ0) is 14.8. The summed E-state index contributed by atoms with van der Waals surface area (Å²) in [4.78, 5) is 12.3. The van der Waals surface area contributed by atoms with E-state index in [1.165, 1.54) is 0 Å². The third-order valence-corrected chi connectivity index (χ3v) is 3.53. The molecule has 3 aromatic carbocycles. The van der Waals surface area contributed by atoms with Crippen LogP contribution in [0.4, 0.5) is 5.69 Å². The number of halogens is 1. The fourth-order valence-electron chi connectivity index (χ4n) is 2.22. The molecule has 1 N–H and O–H groups in total. The smallest absolute Gasteiger partial charge is 0.281 e. The first-order valence-corrected chi connectivity index (χ1v) is 6.81. The lowest BCUT2D eigenvalue weighted by Crippen LogP contribution is -2.27. The SMILES string of the molecule is O=C(c1ccc(Cl)cc1)N(O)c1cccc2ccccc12. The minimum atomic E-state index is -0.497. The average Bonchev–Trinajstić information content (AvgIpc) is 2.53. The van der Waals surface area contributed by atoms with Gasteiger partial charge in [-0.25, -0.2) is 0 Å². The molecule has 21 heavy (non-hydrogen) atoms. The predicted molar refractivity (Wildman–Crippen MR) is 84.0 cm³/mol. The molecule has 0 saturated heterocycles. The predicted octanol–water partition coefficient (Wildman–Crippen LogP) is 4.53. The number of hydrogen-bond acceptors (Lipinski definition) is 2. The molecule has 3 aromatic rings. The molecule has 0 aliphatic heterocycles. The third-order valence-electron chi connectivity index (χ3n) is 3.28. The second-order valence-electron chi connectivity index (χ2n) is 4.62. The summed E-state index contributed by atoms with van der Waals surface area (Å²) in [5.41, 5.74) is 0.822. The Morgan fingerprint density at radius 2 is 1.57 bits per heavy atom. The Balaban J connectivity index is 2.02. The fraction of sp³-hybridized carbons (Fsp3) is 0. The van der Waals surface area contributed by atoms with E-state index in [0.29, 0.717) is 21.3 Å². The van der Waals surface area contributed by atoms with Crippen LogP contribution in [-0.4, -0.2) is 11.1 Å². The zero-order valence-corrected chi connectivity index (χ0v) is 11.8. The van der Waals surface area contributed by atoms with E-state index in [1.807, 2.05) is 30.3 Å². The molecule has 0 saturated carbocycles. The molecular formula is C17H12ClNO2. The van der Waals surface area contributed by atoms with E-state index in [1.54, 1.807) is 36.4 Å². The average molecular weight is 298 g/mol. The summed E-state index contributed by atoms with van der Waals surface area (Å²) in [7, 11) is 0. The van der Waals surface area contributed by atoms with Crippen molar-refractivity contribution >= 4 is 34.0 Å². The number of fused-ring (bicyclic) bond motifs is 1. The number of hydrogen-bond donors (Lipinski definition) is 1. The van der Waals surface area contributed by atoms with Gasteiger partial charge in [-0.05, 0) is 35.7 Å². The molecule has 3 nitrogen and oxygen atoms in total. The number of rotatable bonds is 2. The molecule has 0 aliphatic rings. The number of amides is 1. The highest BCUT2D eigenvalue weighted by molar-refractivity contribution is 6.30. The summed E-state index contributed by atoms with van der Waals surface area (Å²) in [5.74, 6) is -0.497. The number of anilines is 1. The molecule has 0 unspecified atom stereocenters. The van der Waals surface area contributed by atoms with Crippen LogP contribution in [0, 0.1) is 0 Å². The van der Waals surface area contributed by atoms with Crippen molar-refractivity contribution in [2.75, 3.05) is 5.06 Å². The van der Waals surface area contributed by atoms with Crippen LogP contribution in [0.2, 0.25) is 5.02 Å². The molecule has 0 radical (unpaired) electrons. The van der Waals surface area contributed by atoms with Gasteiger partial charge in [0, 0.05) is 16.0 Å². The molecule has 4 heteroatoms. The highest BCUT2D eigenvalue weighted by Crippen LogP contribution is 2.26. The maximum atomic E-state index is 12.3. The van der Waals surface area contributed by atoms with Crippen LogP contribution in [-0.2, 0) is 0 Å². The van der Waals surface area contributed by atoms with Crippen molar-refractivity contribution in [1.29, 1.82) is 0 Å². The standard InChI is InChI=1S/C17H12ClNO2/c18-14-10-8-13(9-11-14)17(20)19(21)16-7-3-5-12-4-1-2-6-15(12)16/h1-11,21H. The zero-order valence-electron chi connectivity index (χ0n) is 11.0. The first kappa shape index (κ1) is 13.6. The second-order valence-corrected chi connectivity index (χ2v) is 5.06. The lowest BCUT2D eigenvalue weighted by atomic mass is 10.1. The van der Waals surface area contributed by atoms with Crippen molar-refractivity contribution < 1.29 is 10.0 Å². The summed E-state index contributed by atoms with van der Waals surface area (Å²) in [6, 6.07) is 19.4. The van der Waals surface area contributed by atoms with Gasteiger partial charge in [0.15, 0.2) is 0 Å². The molecule has 0 bridgehead atoms. The fourth-order valence-corrected chi connectivity index (χ4v) is 2.34. The van der Waals surface area contributed by atoms with Crippen molar-refractivity contribution in [1.82, 2.24) is 0 Å². The van der Waals surface area contributed by atoms with Crippen LogP contribution >= 0.6 is 11.6 Å². The molecule has 0 aliphatic carbocycles. The highest BCUT2D eigenvalue weighted by Gasteiger charge is 2.17. The van der Waals surface area contributed by atoms with E-state index in [-0.39, 0.29) is 0 Å². The van der Waals surface area contributed by atoms with Crippen molar-refractivity contribution in [2.45, 2.75) is 0 Å². The number of nitrogens with zero attached hydrogens (tertiary/aromatic N) is 1. The molecule has 0 heterocycles. The van der Waals surface area contributed by atoms with Gasteiger partial charge in [-0.3, -0.25) is 10.0 Å². The van der Waals surface area contributed by atoms with Crippen LogP contribution in [0.25, 0.3) is 10.8 Å². The Labute approximate surface area is 127 Å². The summed E-state index contributed by atoms with van der Waals surface area (Å²) in [6.45, 7) is 0. The minimum Gasteiger partial charge on any atom is -0.281 e. The van der Waals surface area contributed by atoms with Crippen LogP contribution in [0.5, 0.6) is 0 Å². The minimum absolute atomic E-state index is 0.370. The van der Waals surface area contributed by atoms with Gasteiger partial charge in [-0.2, -0.15) is 5.06 Å². The molecule has 0 spiro atoms. The van der Waals surface area contributed by atoms with Gasteiger partial charge >= 0.3 is 0 Å². The number of benzene rings is 3.